The Bertz CT molecular complexity index is 469. The van der Waals surface area contributed by atoms with Gasteiger partial charge in [0.05, 0.1) is 17.9 Å². The molecule has 0 unspecified atom stereocenters. The molecule has 1 fully saturated rings. The number of nitrogens with one attached hydrogen (secondary N) is 1. The van der Waals surface area contributed by atoms with Gasteiger partial charge in [-0.3, -0.25) is 9.69 Å². The van der Waals surface area contributed by atoms with Gasteiger partial charge in [-0.05, 0) is 51.7 Å². The number of nitrogens with zero attached hydrogens (tertiary/aromatic N) is 2. The monoisotopic (exact) mass is 290 g/mol. The zero-order valence-electron chi connectivity index (χ0n) is 13.0. The fourth-order valence-electron chi connectivity index (χ4n) is 2.83. The van der Waals surface area contributed by atoms with Crippen molar-refractivity contribution in [1.82, 2.24) is 9.80 Å². The zero-order chi connectivity index (χ0) is 15.2. The van der Waals surface area contributed by atoms with Gasteiger partial charge < -0.3 is 16.0 Å². The Labute approximate surface area is 127 Å². The molecule has 1 aromatic carbocycles. The zero-order valence-corrected chi connectivity index (χ0v) is 13.0. The Morgan fingerprint density at radius 3 is 2.67 bits per heavy atom. The maximum absolute atomic E-state index is 12.1. The number of hydrogen-bond acceptors (Lipinski definition) is 4. The molecule has 1 amide bonds. The van der Waals surface area contributed by atoms with Crippen LogP contribution in [0.1, 0.15) is 19.8 Å². The summed E-state index contributed by atoms with van der Waals surface area (Å²) in [6.07, 6.45) is 2.26. The van der Waals surface area contributed by atoms with Crippen LogP contribution in [0.15, 0.2) is 24.3 Å². The van der Waals surface area contributed by atoms with E-state index in [-0.39, 0.29) is 5.91 Å². The lowest BCUT2D eigenvalue weighted by atomic mass is 10.0. The minimum Gasteiger partial charge on any atom is -0.397 e. The Hall–Kier alpha value is -1.59. The Morgan fingerprint density at radius 1 is 1.38 bits per heavy atom. The molecule has 2 rings (SSSR count). The fourth-order valence-corrected chi connectivity index (χ4v) is 2.83. The molecule has 1 aliphatic rings. The molecule has 1 aromatic rings. The number of benzene rings is 1. The van der Waals surface area contributed by atoms with Crippen molar-refractivity contribution >= 4 is 17.3 Å². The number of nitrogen functional groups attached to an aromatic ring is 1. The highest BCUT2D eigenvalue weighted by Crippen LogP contribution is 2.18. The Kier molecular flexibility index (Phi) is 5.59. The highest BCUT2D eigenvalue weighted by molar-refractivity contribution is 5.95. The lowest BCUT2D eigenvalue weighted by Crippen LogP contribution is -2.45. The standard InChI is InChI=1S/C16H26N4O/c1-3-20-10-8-13(9-11-20)19(2)12-16(21)18-15-7-5-4-6-14(15)17/h4-7,13H,3,8-12,17H2,1-2H3,(H,18,21). The van der Waals surface area contributed by atoms with Crippen LogP contribution in [0.3, 0.4) is 0 Å². The molecular weight excluding hydrogens is 264 g/mol. The summed E-state index contributed by atoms with van der Waals surface area (Å²) in [5.41, 5.74) is 7.13. The first-order chi connectivity index (χ1) is 10.1. The number of piperidine rings is 1. The van der Waals surface area contributed by atoms with Gasteiger partial charge >= 0.3 is 0 Å². The quantitative estimate of drug-likeness (QED) is 0.809. The van der Waals surface area contributed by atoms with E-state index in [9.17, 15) is 4.79 Å². The van der Waals surface area contributed by atoms with Crippen LogP contribution < -0.4 is 11.1 Å². The first kappa shape index (κ1) is 15.8. The summed E-state index contributed by atoms with van der Waals surface area (Å²) in [6, 6.07) is 7.84. The summed E-state index contributed by atoms with van der Waals surface area (Å²) in [5, 5.41) is 2.88. The summed E-state index contributed by atoms with van der Waals surface area (Å²) >= 11 is 0. The van der Waals surface area contributed by atoms with Crippen LogP contribution in [0, 0.1) is 0 Å². The Morgan fingerprint density at radius 2 is 2.05 bits per heavy atom. The molecule has 1 heterocycles. The van der Waals surface area contributed by atoms with Crippen molar-refractivity contribution in [1.29, 1.82) is 0 Å². The fraction of sp³-hybridized carbons (Fsp3) is 0.562. The number of rotatable bonds is 5. The summed E-state index contributed by atoms with van der Waals surface area (Å²) in [6.45, 7) is 5.97. The maximum Gasteiger partial charge on any atom is 0.238 e. The van der Waals surface area contributed by atoms with Gasteiger partial charge in [0.15, 0.2) is 0 Å². The van der Waals surface area contributed by atoms with Gasteiger partial charge in [-0.25, -0.2) is 0 Å². The molecule has 5 nitrogen and oxygen atoms in total. The second-order valence-corrected chi connectivity index (χ2v) is 5.72. The van der Waals surface area contributed by atoms with E-state index in [1.807, 2.05) is 25.2 Å². The van der Waals surface area contributed by atoms with Crippen LogP contribution in [0.4, 0.5) is 11.4 Å². The van der Waals surface area contributed by atoms with Crippen molar-refractivity contribution in [2.45, 2.75) is 25.8 Å². The van der Waals surface area contributed by atoms with Crippen LogP contribution in [0.2, 0.25) is 0 Å². The van der Waals surface area contributed by atoms with Crippen molar-refractivity contribution in [2.75, 3.05) is 44.3 Å². The smallest absolute Gasteiger partial charge is 0.238 e. The topological polar surface area (TPSA) is 61.6 Å². The maximum atomic E-state index is 12.1. The number of carbonyl (C=O) groups is 1. The minimum absolute atomic E-state index is 0.00618. The average Bonchev–Trinajstić information content (AvgIpc) is 2.49. The number of anilines is 2. The third-order valence-corrected chi connectivity index (χ3v) is 4.26. The lowest BCUT2D eigenvalue weighted by Gasteiger charge is -2.36. The molecule has 0 bridgehead atoms. The molecule has 0 saturated carbocycles. The molecule has 3 N–H and O–H groups in total. The molecule has 0 spiro atoms. The van der Waals surface area contributed by atoms with E-state index >= 15 is 0 Å². The molecule has 5 heteroatoms. The lowest BCUT2D eigenvalue weighted by molar-refractivity contribution is -0.117. The van der Waals surface area contributed by atoms with Crippen LogP contribution >= 0.6 is 0 Å². The van der Waals surface area contributed by atoms with Crippen molar-refractivity contribution in [3.63, 3.8) is 0 Å². The highest BCUT2D eigenvalue weighted by Gasteiger charge is 2.22. The van der Waals surface area contributed by atoms with E-state index in [1.54, 1.807) is 6.07 Å². The summed E-state index contributed by atoms with van der Waals surface area (Å²) in [5.74, 6) is -0.00618. The normalized spacial score (nSPS) is 17.1. The van der Waals surface area contributed by atoms with Gasteiger partial charge in [0, 0.05) is 6.04 Å². The predicted molar refractivity (Wildman–Crippen MR) is 87.3 cm³/mol. The van der Waals surface area contributed by atoms with Gasteiger partial charge in [-0.2, -0.15) is 0 Å². The molecule has 116 valence electrons. The second-order valence-electron chi connectivity index (χ2n) is 5.72. The number of nitrogens with two attached hydrogens (primary N) is 1. The van der Waals surface area contributed by atoms with E-state index in [1.165, 1.54) is 0 Å². The van der Waals surface area contributed by atoms with E-state index in [0.717, 1.165) is 32.5 Å². The number of likely N-dealkylation sites (N-methyl/N-ethyl adjacent to an activating group) is 1. The van der Waals surface area contributed by atoms with Crippen LogP contribution in [-0.2, 0) is 4.79 Å². The van der Waals surface area contributed by atoms with Crippen molar-refractivity contribution in [3.05, 3.63) is 24.3 Å². The number of carbonyl (C=O) groups excluding carboxylic acids is 1. The second kappa shape index (κ2) is 7.43. The van der Waals surface area contributed by atoms with E-state index in [2.05, 4.69) is 22.0 Å². The molecule has 0 radical (unpaired) electrons. The number of para-hydroxylation sites is 2. The highest BCUT2D eigenvalue weighted by atomic mass is 16.2. The number of likely N-dealkylation sites (tertiary alicyclic amines) is 1. The molecular formula is C16H26N4O. The van der Waals surface area contributed by atoms with Gasteiger partial charge in [0.1, 0.15) is 0 Å². The van der Waals surface area contributed by atoms with Gasteiger partial charge in [-0.1, -0.05) is 19.1 Å². The van der Waals surface area contributed by atoms with Gasteiger partial charge in [0.2, 0.25) is 5.91 Å². The van der Waals surface area contributed by atoms with E-state index in [0.29, 0.717) is 24.0 Å². The third kappa shape index (κ3) is 4.44. The largest absolute Gasteiger partial charge is 0.397 e. The van der Waals surface area contributed by atoms with Crippen LogP contribution in [-0.4, -0.2) is 55.0 Å². The molecule has 0 atom stereocenters. The van der Waals surface area contributed by atoms with Crippen LogP contribution in [0.25, 0.3) is 0 Å². The average molecular weight is 290 g/mol. The molecule has 1 aliphatic heterocycles. The summed E-state index contributed by atoms with van der Waals surface area (Å²) in [4.78, 5) is 16.7. The van der Waals surface area contributed by atoms with E-state index in [4.69, 9.17) is 5.73 Å². The predicted octanol–water partition coefficient (Wildman–Crippen LogP) is 1.62. The number of hydrogen-bond donors (Lipinski definition) is 2. The SMILES string of the molecule is CCN1CCC(N(C)CC(=O)Nc2ccccc2N)CC1. The molecule has 0 aliphatic carbocycles. The van der Waals surface area contributed by atoms with Crippen LogP contribution in [0.5, 0.6) is 0 Å². The third-order valence-electron chi connectivity index (χ3n) is 4.26. The summed E-state index contributed by atoms with van der Waals surface area (Å²) < 4.78 is 0. The van der Waals surface area contributed by atoms with Crippen molar-refractivity contribution in [3.8, 4) is 0 Å². The molecule has 1 saturated heterocycles. The van der Waals surface area contributed by atoms with Gasteiger partial charge in [0.25, 0.3) is 0 Å². The first-order valence-corrected chi connectivity index (χ1v) is 7.67. The van der Waals surface area contributed by atoms with Gasteiger partial charge in [-0.15, -0.1) is 0 Å². The Balaban J connectivity index is 1.81. The summed E-state index contributed by atoms with van der Waals surface area (Å²) in [7, 11) is 2.03. The van der Waals surface area contributed by atoms with Crippen molar-refractivity contribution in [2.24, 2.45) is 0 Å². The molecule has 21 heavy (non-hydrogen) atoms. The minimum atomic E-state index is -0.00618. The molecule has 0 aromatic heterocycles. The van der Waals surface area contributed by atoms with Crippen molar-refractivity contribution < 1.29 is 4.79 Å². The first-order valence-electron chi connectivity index (χ1n) is 7.67. The van der Waals surface area contributed by atoms with E-state index < -0.39 is 0 Å². The number of amides is 1.